The van der Waals surface area contributed by atoms with Crippen LogP contribution in [0.3, 0.4) is 0 Å². The number of hydrogen-bond acceptors (Lipinski definition) is 2. The number of hydrogen-bond donors (Lipinski definition) is 1. The molecular formula is C20H22ClFN2O. The maximum absolute atomic E-state index is 13.4. The van der Waals surface area contributed by atoms with E-state index in [4.69, 9.17) is 11.6 Å². The highest BCUT2D eigenvalue weighted by Crippen LogP contribution is 2.27. The summed E-state index contributed by atoms with van der Waals surface area (Å²) in [6.07, 6.45) is 0.531. The average Bonchev–Trinajstić information content (AvgIpc) is 2.61. The van der Waals surface area contributed by atoms with Crippen LogP contribution in [-0.4, -0.2) is 30.4 Å². The summed E-state index contributed by atoms with van der Waals surface area (Å²) >= 11 is 6.12. The van der Waals surface area contributed by atoms with E-state index in [-0.39, 0.29) is 23.7 Å². The predicted octanol–water partition coefficient (Wildman–Crippen LogP) is 3.83. The molecule has 0 aromatic heterocycles. The van der Waals surface area contributed by atoms with Crippen LogP contribution in [0.5, 0.6) is 0 Å². The Bertz CT molecular complexity index is 752. The lowest BCUT2D eigenvalue weighted by Crippen LogP contribution is -2.50. The van der Waals surface area contributed by atoms with Crippen molar-refractivity contribution in [2.24, 2.45) is 5.92 Å². The molecule has 0 spiro atoms. The van der Waals surface area contributed by atoms with Crippen LogP contribution in [0.15, 0.2) is 48.5 Å². The van der Waals surface area contributed by atoms with E-state index < -0.39 is 0 Å². The van der Waals surface area contributed by atoms with Crippen LogP contribution in [0, 0.1) is 11.7 Å². The van der Waals surface area contributed by atoms with Crippen molar-refractivity contribution in [3.8, 4) is 0 Å². The molecular weight excluding hydrogens is 339 g/mol. The normalized spacial score (nSPS) is 18.8. The second-order valence-electron chi connectivity index (χ2n) is 6.54. The summed E-state index contributed by atoms with van der Waals surface area (Å²) in [6.45, 7) is 4.04. The van der Waals surface area contributed by atoms with Gasteiger partial charge in [-0.05, 0) is 41.8 Å². The first-order valence-corrected chi connectivity index (χ1v) is 8.93. The van der Waals surface area contributed by atoms with Gasteiger partial charge in [-0.2, -0.15) is 0 Å². The minimum atomic E-state index is -0.267. The Labute approximate surface area is 152 Å². The molecule has 1 amide bonds. The van der Waals surface area contributed by atoms with E-state index in [1.165, 1.54) is 12.1 Å². The number of halogens is 2. The number of piperazine rings is 1. The lowest BCUT2D eigenvalue weighted by atomic mass is 9.96. The fraction of sp³-hybridized carbons (Fsp3) is 0.350. The Balaban J connectivity index is 1.76. The van der Waals surface area contributed by atoms with Crippen LogP contribution >= 0.6 is 11.6 Å². The van der Waals surface area contributed by atoms with E-state index in [0.717, 1.165) is 17.7 Å². The average molecular weight is 361 g/mol. The summed E-state index contributed by atoms with van der Waals surface area (Å²) in [5.74, 6) is -0.381. The molecule has 1 fully saturated rings. The summed E-state index contributed by atoms with van der Waals surface area (Å²) < 4.78 is 13.4. The third kappa shape index (κ3) is 4.39. The van der Waals surface area contributed by atoms with Gasteiger partial charge < -0.3 is 10.2 Å². The third-order valence-corrected chi connectivity index (χ3v) is 4.85. The van der Waals surface area contributed by atoms with Crippen molar-refractivity contribution < 1.29 is 9.18 Å². The molecule has 1 aliphatic heterocycles. The molecule has 2 aromatic carbocycles. The van der Waals surface area contributed by atoms with Crippen molar-refractivity contribution in [2.75, 3.05) is 19.6 Å². The Kier molecular flexibility index (Phi) is 5.71. The predicted molar refractivity (Wildman–Crippen MR) is 98.0 cm³/mol. The molecule has 1 aliphatic rings. The van der Waals surface area contributed by atoms with Crippen LogP contribution in [0.4, 0.5) is 4.39 Å². The van der Waals surface area contributed by atoms with Gasteiger partial charge in [0.1, 0.15) is 5.82 Å². The van der Waals surface area contributed by atoms with Gasteiger partial charge in [0, 0.05) is 30.6 Å². The minimum absolute atomic E-state index is 0.0325. The van der Waals surface area contributed by atoms with Crippen molar-refractivity contribution in [2.45, 2.75) is 19.4 Å². The fourth-order valence-corrected chi connectivity index (χ4v) is 3.57. The van der Waals surface area contributed by atoms with Gasteiger partial charge in [0.05, 0.1) is 6.04 Å². The van der Waals surface area contributed by atoms with Gasteiger partial charge in [0.15, 0.2) is 0 Å². The van der Waals surface area contributed by atoms with E-state index in [2.05, 4.69) is 5.32 Å². The summed E-state index contributed by atoms with van der Waals surface area (Å²) in [7, 11) is 0. The van der Waals surface area contributed by atoms with E-state index in [9.17, 15) is 9.18 Å². The largest absolute Gasteiger partial charge is 0.333 e. The Hall–Kier alpha value is -1.91. The van der Waals surface area contributed by atoms with Gasteiger partial charge in [-0.3, -0.25) is 4.79 Å². The van der Waals surface area contributed by atoms with Crippen molar-refractivity contribution in [1.82, 2.24) is 10.2 Å². The highest BCUT2D eigenvalue weighted by Gasteiger charge is 2.30. The van der Waals surface area contributed by atoms with E-state index in [1.807, 2.05) is 42.2 Å². The summed E-state index contributed by atoms with van der Waals surface area (Å²) in [6, 6.07) is 14.1. The quantitative estimate of drug-likeness (QED) is 0.898. The zero-order valence-corrected chi connectivity index (χ0v) is 15.0. The van der Waals surface area contributed by atoms with Crippen molar-refractivity contribution >= 4 is 17.5 Å². The number of rotatable bonds is 4. The van der Waals surface area contributed by atoms with Crippen LogP contribution in [0.25, 0.3) is 0 Å². The molecule has 2 unspecified atom stereocenters. The van der Waals surface area contributed by atoms with Gasteiger partial charge in [0.25, 0.3) is 0 Å². The summed E-state index contributed by atoms with van der Waals surface area (Å²) in [5.41, 5.74) is 1.88. The molecule has 0 aliphatic carbocycles. The van der Waals surface area contributed by atoms with Crippen molar-refractivity contribution in [3.63, 3.8) is 0 Å². The van der Waals surface area contributed by atoms with Crippen LogP contribution in [-0.2, 0) is 11.2 Å². The number of carbonyl (C=O) groups is 1. The van der Waals surface area contributed by atoms with Gasteiger partial charge in [-0.15, -0.1) is 0 Å². The van der Waals surface area contributed by atoms with E-state index in [1.54, 1.807) is 6.07 Å². The summed E-state index contributed by atoms with van der Waals surface area (Å²) in [5, 5.41) is 4.02. The molecule has 1 heterocycles. The number of nitrogens with one attached hydrogen (secondary N) is 1. The SMILES string of the molecule is CC(Cc1cccc(F)c1)C(=O)N1CCNCC1c1cccc(Cl)c1. The second-order valence-corrected chi connectivity index (χ2v) is 6.98. The van der Waals surface area contributed by atoms with Crippen LogP contribution < -0.4 is 5.32 Å². The van der Waals surface area contributed by atoms with Crippen LogP contribution in [0.2, 0.25) is 5.02 Å². The molecule has 0 saturated carbocycles. The van der Waals surface area contributed by atoms with Gasteiger partial charge >= 0.3 is 0 Å². The lowest BCUT2D eigenvalue weighted by Gasteiger charge is -2.38. The van der Waals surface area contributed by atoms with Gasteiger partial charge in [-0.25, -0.2) is 4.39 Å². The third-order valence-electron chi connectivity index (χ3n) is 4.61. The Morgan fingerprint density at radius 1 is 1.32 bits per heavy atom. The molecule has 5 heteroatoms. The van der Waals surface area contributed by atoms with Crippen molar-refractivity contribution in [1.29, 1.82) is 0 Å². The molecule has 3 rings (SSSR count). The zero-order chi connectivity index (χ0) is 17.8. The van der Waals surface area contributed by atoms with Gasteiger partial charge in [0.2, 0.25) is 5.91 Å². The van der Waals surface area contributed by atoms with Crippen molar-refractivity contribution in [3.05, 3.63) is 70.5 Å². The van der Waals surface area contributed by atoms with Crippen LogP contribution in [0.1, 0.15) is 24.1 Å². The number of amides is 1. The molecule has 0 radical (unpaired) electrons. The minimum Gasteiger partial charge on any atom is -0.333 e. The molecule has 25 heavy (non-hydrogen) atoms. The molecule has 3 nitrogen and oxygen atoms in total. The molecule has 132 valence electrons. The smallest absolute Gasteiger partial charge is 0.226 e. The topological polar surface area (TPSA) is 32.3 Å². The standard InChI is InChI=1S/C20H22ClFN2O/c1-14(10-15-4-2-7-18(22)11-15)20(25)24-9-8-23-13-19(24)16-5-3-6-17(21)12-16/h2-7,11-12,14,19,23H,8-10,13H2,1H3. The Morgan fingerprint density at radius 3 is 2.88 bits per heavy atom. The van der Waals surface area contributed by atoms with E-state index >= 15 is 0 Å². The maximum atomic E-state index is 13.4. The highest BCUT2D eigenvalue weighted by molar-refractivity contribution is 6.30. The first-order chi connectivity index (χ1) is 12.0. The number of nitrogens with zero attached hydrogens (tertiary/aromatic N) is 1. The van der Waals surface area contributed by atoms with E-state index in [0.29, 0.717) is 24.5 Å². The summed E-state index contributed by atoms with van der Waals surface area (Å²) in [4.78, 5) is 15.0. The van der Waals surface area contributed by atoms with Gasteiger partial charge in [-0.1, -0.05) is 42.8 Å². The fourth-order valence-electron chi connectivity index (χ4n) is 3.37. The molecule has 1 N–H and O–H groups in total. The molecule has 2 aromatic rings. The highest BCUT2D eigenvalue weighted by atomic mass is 35.5. The molecule has 2 atom stereocenters. The second kappa shape index (κ2) is 7.98. The first kappa shape index (κ1) is 17.9. The lowest BCUT2D eigenvalue weighted by molar-refractivity contribution is -0.138. The molecule has 0 bridgehead atoms. The first-order valence-electron chi connectivity index (χ1n) is 8.55. The monoisotopic (exact) mass is 360 g/mol. The maximum Gasteiger partial charge on any atom is 0.226 e. The zero-order valence-electron chi connectivity index (χ0n) is 14.2. The number of carbonyl (C=O) groups excluding carboxylic acids is 1. The molecule has 1 saturated heterocycles. The number of benzene rings is 2. The Morgan fingerprint density at radius 2 is 2.12 bits per heavy atom.